The monoisotopic (exact) mass is 501 g/mol. The van der Waals surface area contributed by atoms with Crippen LogP contribution in [0.4, 0.5) is 43.4 Å². The van der Waals surface area contributed by atoms with Crippen molar-refractivity contribution < 1.29 is 40.7 Å². The molecule has 1 aliphatic heterocycles. The van der Waals surface area contributed by atoms with Crippen LogP contribution < -0.4 is 21.3 Å². The number of amides is 2. The van der Waals surface area contributed by atoms with Crippen molar-refractivity contribution in [1.82, 2.24) is 0 Å². The molecule has 4 N–H and O–H groups in total. The minimum absolute atomic E-state index is 0.101. The predicted octanol–water partition coefficient (Wildman–Crippen LogP) is 3.21. The normalized spacial score (nSPS) is 18.2. The van der Waals surface area contributed by atoms with Crippen molar-refractivity contribution in [1.29, 1.82) is 5.26 Å². The fourth-order valence-electron chi connectivity index (χ4n) is 3.48. The van der Waals surface area contributed by atoms with E-state index in [2.05, 4.69) is 10.6 Å². The zero-order valence-electron chi connectivity index (χ0n) is 17.6. The van der Waals surface area contributed by atoms with Crippen molar-refractivity contribution in [3.05, 3.63) is 53.6 Å². The average molecular weight is 501 g/mol. The first kappa shape index (κ1) is 25.8. The number of carbonyl (C=O) groups excluding carboxylic acids is 2. The second kappa shape index (κ2) is 9.43. The highest BCUT2D eigenvalue weighted by Gasteiger charge is 2.68. The van der Waals surface area contributed by atoms with Crippen LogP contribution in [0.15, 0.2) is 42.5 Å². The van der Waals surface area contributed by atoms with E-state index in [-0.39, 0.29) is 17.9 Å². The number of hydrogen-bond acceptors (Lipinski definition) is 6. The number of alkyl halides is 6. The number of anilines is 3. The summed E-state index contributed by atoms with van der Waals surface area (Å²) in [6.45, 7) is -1.47. The molecule has 0 radical (unpaired) electrons. The maximum absolute atomic E-state index is 14.3. The summed E-state index contributed by atoms with van der Waals surface area (Å²) >= 11 is 0. The van der Waals surface area contributed by atoms with E-state index in [9.17, 15) is 35.9 Å². The number of carbonyl (C=O) groups is 2. The molecule has 14 heteroatoms. The lowest BCUT2D eigenvalue weighted by molar-refractivity contribution is -0.250. The van der Waals surface area contributed by atoms with E-state index < -0.39 is 59.9 Å². The number of nitrogens with zero attached hydrogens (tertiary/aromatic N) is 2. The van der Waals surface area contributed by atoms with Crippen LogP contribution >= 0.6 is 0 Å². The highest BCUT2D eigenvalue weighted by molar-refractivity contribution is 6.01. The average Bonchev–Trinajstić information content (AvgIpc) is 3.26. The second-order valence-corrected chi connectivity index (χ2v) is 7.27. The van der Waals surface area contributed by atoms with Crippen molar-refractivity contribution in [2.75, 3.05) is 35.2 Å². The van der Waals surface area contributed by atoms with Gasteiger partial charge in [-0.25, -0.2) is 0 Å². The highest BCUT2D eigenvalue weighted by Crippen LogP contribution is 2.44. The van der Waals surface area contributed by atoms with Crippen LogP contribution in [0.25, 0.3) is 0 Å². The topological polar surface area (TPSA) is 120 Å². The number of benzene rings is 2. The van der Waals surface area contributed by atoms with Gasteiger partial charge in [-0.2, -0.15) is 31.6 Å². The number of nitriles is 1. The summed E-state index contributed by atoms with van der Waals surface area (Å²) < 4.78 is 87.8. The Morgan fingerprint density at radius 3 is 2.17 bits per heavy atom. The molecule has 0 spiro atoms. The molecular weight excluding hydrogens is 484 g/mol. The van der Waals surface area contributed by atoms with Crippen molar-refractivity contribution >= 4 is 28.9 Å². The van der Waals surface area contributed by atoms with E-state index in [1.54, 1.807) is 0 Å². The highest BCUT2D eigenvalue weighted by atomic mass is 19.4. The van der Waals surface area contributed by atoms with Crippen LogP contribution in [0.1, 0.15) is 11.1 Å². The summed E-state index contributed by atoms with van der Waals surface area (Å²) in [5.74, 6) is -2.22. The van der Waals surface area contributed by atoms with Gasteiger partial charge >= 0.3 is 18.1 Å². The minimum Gasteiger partial charge on any atom is -0.338 e. The molecule has 1 atom stereocenters. The van der Waals surface area contributed by atoms with Gasteiger partial charge in [-0.1, -0.05) is 0 Å². The summed E-state index contributed by atoms with van der Waals surface area (Å²) in [6, 6.07) is 8.33. The SMILES string of the molecule is N#Cc1ccc(N2CCOC2(C(=O)Nc2ccc(NC(=O)CN)cc2)C(F)(F)F)cc1C(F)(F)F. The van der Waals surface area contributed by atoms with Gasteiger partial charge in [0.15, 0.2) is 0 Å². The van der Waals surface area contributed by atoms with Crippen LogP contribution in [0, 0.1) is 11.3 Å². The number of nitrogens with one attached hydrogen (secondary N) is 2. The van der Waals surface area contributed by atoms with E-state index in [1.807, 2.05) is 0 Å². The molecule has 2 aromatic carbocycles. The smallest absolute Gasteiger partial charge is 0.338 e. The van der Waals surface area contributed by atoms with E-state index in [1.165, 1.54) is 30.3 Å². The second-order valence-electron chi connectivity index (χ2n) is 7.27. The fourth-order valence-corrected chi connectivity index (χ4v) is 3.48. The molecule has 186 valence electrons. The van der Waals surface area contributed by atoms with Gasteiger partial charge in [-0.3, -0.25) is 9.59 Å². The lowest BCUT2D eigenvalue weighted by atomic mass is 10.0. The summed E-state index contributed by atoms with van der Waals surface area (Å²) in [5, 5.41) is 13.4. The molecule has 0 aliphatic carbocycles. The molecule has 1 saturated heterocycles. The molecular formula is C21H17F6N5O3. The summed E-state index contributed by atoms with van der Waals surface area (Å²) in [4.78, 5) is 24.6. The standard InChI is InChI=1S/C21H17F6N5O3/c22-20(23,24)16-9-15(6-1-12(16)10-28)32-7-8-35-19(32,21(25,26)27)18(34)31-14-4-2-13(3-5-14)30-17(33)11-29/h1-6,9H,7-8,11,29H2,(H,30,33)(H,31,34). The number of halogens is 6. The van der Waals surface area contributed by atoms with Crippen LogP contribution in [-0.2, 0) is 20.5 Å². The summed E-state index contributed by atoms with van der Waals surface area (Å²) in [6.07, 6.45) is -10.4. The Hall–Kier alpha value is -3.83. The van der Waals surface area contributed by atoms with Crippen LogP contribution in [-0.4, -0.2) is 43.4 Å². The molecule has 1 aliphatic rings. The molecule has 0 aromatic heterocycles. The maximum atomic E-state index is 14.3. The molecule has 1 unspecified atom stereocenters. The molecule has 2 amide bonds. The predicted molar refractivity (Wildman–Crippen MR) is 111 cm³/mol. The lowest BCUT2D eigenvalue weighted by Crippen LogP contribution is -2.64. The molecule has 1 fully saturated rings. The summed E-state index contributed by atoms with van der Waals surface area (Å²) in [5.41, 5.74) is -1.15. The largest absolute Gasteiger partial charge is 0.446 e. The van der Waals surface area contributed by atoms with Gasteiger partial charge in [0, 0.05) is 23.6 Å². The first-order valence-electron chi connectivity index (χ1n) is 9.84. The number of rotatable bonds is 5. The van der Waals surface area contributed by atoms with Crippen molar-refractivity contribution in [3.8, 4) is 6.07 Å². The lowest BCUT2D eigenvalue weighted by Gasteiger charge is -2.38. The number of hydrogen-bond donors (Lipinski definition) is 3. The third-order valence-electron chi connectivity index (χ3n) is 5.05. The maximum Gasteiger partial charge on any atom is 0.446 e. The Morgan fingerprint density at radius 2 is 1.66 bits per heavy atom. The van der Waals surface area contributed by atoms with Gasteiger partial charge in [0.05, 0.1) is 30.3 Å². The third kappa shape index (κ3) is 5.00. The molecule has 1 heterocycles. The molecule has 0 saturated carbocycles. The Kier molecular flexibility index (Phi) is 6.95. The van der Waals surface area contributed by atoms with Crippen molar-refractivity contribution in [3.63, 3.8) is 0 Å². The first-order valence-corrected chi connectivity index (χ1v) is 9.84. The van der Waals surface area contributed by atoms with Crippen LogP contribution in [0.2, 0.25) is 0 Å². The first-order chi connectivity index (χ1) is 16.3. The van der Waals surface area contributed by atoms with Crippen LogP contribution in [0.3, 0.4) is 0 Å². The quantitative estimate of drug-likeness (QED) is 0.542. The van der Waals surface area contributed by atoms with Gasteiger partial charge in [0.2, 0.25) is 5.91 Å². The van der Waals surface area contributed by atoms with Gasteiger partial charge in [-0.05, 0) is 42.5 Å². The summed E-state index contributed by atoms with van der Waals surface area (Å²) in [7, 11) is 0. The van der Waals surface area contributed by atoms with Gasteiger partial charge in [0.25, 0.3) is 5.91 Å². The Labute approximate surface area is 194 Å². The minimum atomic E-state index is -5.37. The molecule has 3 rings (SSSR count). The Bertz CT molecular complexity index is 1160. The third-order valence-corrected chi connectivity index (χ3v) is 5.05. The zero-order chi connectivity index (χ0) is 26.0. The molecule has 2 aromatic rings. The van der Waals surface area contributed by atoms with E-state index in [0.29, 0.717) is 11.0 Å². The molecule has 8 nitrogen and oxygen atoms in total. The van der Waals surface area contributed by atoms with Gasteiger partial charge in [0.1, 0.15) is 0 Å². The molecule has 35 heavy (non-hydrogen) atoms. The number of ether oxygens (including phenoxy) is 1. The number of nitrogens with two attached hydrogens (primary N) is 1. The van der Waals surface area contributed by atoms with Gasteiger partial charge < -0.3 is 26.0 Å². The zero-order valence-corrected chi connectivity index (χ0v) is 17.6. The van der Waals surface area contributed by atoms with E-state index >= 15 is 0 Å². The van der Waals surface area contributed by atoms with Gasteiger partial charge in [-0.15, -0.1) is 0 Å². The van der Waals surface area contributed by atoms with E-state index in [0.717, 1.165) is 12.1 Å². The van der Waals surface area contributed by atoms with Crippen molar-refractivity contribution in [2.24, 2.45) is 5.73 Å². The van der Waals surface area contributed by atoms with Crippen LogP contribution in [0.5, 0.6) is 0 Å². The Balaban J connectivity index is 1.98. The molecule has 0 bridgehead atoms. The fraction of sp³-hybridized carbons (Fsp3) is 0.286. The van der Waals surface area contributed by atoms with E-state index in [4.69, 9.17) is 15.7 Å². The Morgan fingerprint density at radius 1 is 1.06 bits per heavy atom. The van der Waals surface area contributed by atoms with Crippen molar-refractivity contribution in [2.45, 2.75) is 18.1 Å².